The molecule has 0 bridgehead atoms. The molecule has 0 unspecified atom stereocenters. The third kappa shape index (κ3) is 6.12. The average Bonchev–Trinajstić information content (AvgIpc) is 3.19. The van der Waals surface area contributed by atoms with Crippen LogP contribution in [-0.2, 0) is 12.0 Å². The second-order valence-corrected chi connectivity index (χ2v) is 9.77. The molecule has 1 fully saturated rings. The first kappa shape index (κ1) is 25.4. The topological polar surface area (TPSA) is 65.7 Å². The molecule has 2 heterocycles. The minimum Gasteiger partial charge on any atom is -0.382 e. The van der Waals surface area contributed by atoms with Gasteiger partial charge in [-0.2, -0.15) is 18.4 Å². The molecule has 0 spiro atoms. The Morgan fingerprint density at radius 3 is 2.56 bits per heavy atom. The SMILES string of the molecule is CC(C)(C#N)c1ccc(NCC#Cc2cc3c(NC4CCCCC4)cccc3n2CC(F)(F)F)cn1. The fourth-order valence-corrected chi connectivity index (χ4v) is 4.54. The number of alkyl halides is 3. The van der Waals surface area contributed by atoms with Crippen LogP contribution in [0, 0.1) is 23.2 Å². The lowest BCUT2D eigenvalue weighted by Gasteiger charge is -2.24. The Morgan fingerprint density at radius 2 is 1.89 bits per heavy atom. The highest BCUT2D eigenvalue weighted by atomic mass is 19.4. The van der Waals surface area contributed by atoms with Gasteiger partial charge in [0.2, 0.25) is 0 Å². The third-order valence-corrected chi connectivity index (χ3v) is 6.53. The number of nitrogens with one attached hydrogen (secondary N) is 2. The Morgan fingerprint density at radius 1 is 1.11 bits per heavy atom. The van der Waals surface area contributed by atoms with Gasteiger partial charge in [0, 0.05) is 17.1 Å². The molecule has 1 saturated carbocycles. The summed E-state index contributed by atoms with van der Waals surface area (Å²) >= 11 is 0. The molecule has 0 aliphatic heterocycles. The number of nitriles is 1. The van der Waals surface area contributed by atoms with Crippen LogP contribution < -0.4 is 10.6 Å². The van der Waals surface area contributed by atoms with Gasteiger partial charge in [-0.1, -0.05) is 31.2 Å². The maximum Gasteiger partial charge on any atom is 0.406 e. The number of anilines is 2. The summed E-state index contributed by atoms with van der Waals surface area (Å²) in [5, 5.41) is 16.7. The van der Waals surface area contributed by atoms with E-state index in [1.165, 1.54) is 23.8 Å². The lowest BCUT2D eigenvalue weighted by molar-refractivity contribution is -0.140. The van der Waals surface area contributed by atoms with Gasteiger partial charge < -0.3 is 15.2 Å². The summed E-state index contributed by atoms with van der Waals surface area (Å²) in [4.78, 5) is 4.33. The van der Waals surface area contributed by atoms with Gasteiger partial charge in [-0.05, 0) is 62.9 Å². The van der Waals surface area contributed by atoms with Crippen molar-refractivity contribution in [2.75, 3.05) is 17.2 Å². The Bertz CT molecular complexity index is 1300. The van der Waals surface area contributed by atoms with Crippen molar-refractivity contribution in [1.82, 2.24) is 9.55 Å². The lowest BCUT2D eigenvalue weighted by Crippen LogP contribution is -2.22. The summed E-state index contributed by atoms with van der Waals surface area (Å²) in [6.45, 7) is 2.73. The quantitative estimate of drug-likeness (QED) is 0.379. The molecule has 1 aliphatic carbocycles. The summed E-state index contributed by atoms with van der Waals surface area (Å²) < 4.78 is 41.5. The first-order chi connectivity index (χ1) is 17.2. The fraction of sp³-hybridized carbons (Fsp3) is 0.429. The van der Waals surface area contributed by atoms with Crippen molar-refractivity contribution in [3.8, 4) is 17.9 Å². The monoisotopic (exact) mass is 493 g/mol. The van der Waals surface area contributed by atoms with Crippen LogP contribution >= 0.6 is 0 Å². The zero-order chi connectivity index (χ0) is 25.8. The molecular weight excluding hydrogens is 463 g/mol. The van der Waals surface area contributed by atoms with Crippen LogP contribution in [0.3, 0.4) is 0 Å². The van der Waals surface area contributed by atoms with E-state index in [-0.39, 0.29) is 6.54 Å². The molecule has 2 N–H and O–H groups in total. The van der Waals surface area contributed by atoms with Crippen molar-refractivity contribution in [1.29, 1.82) is 5.26 Å². The average molecular weight is 494 g/mol. The summed E-state index contributed by atoms with van der Waals surface area (Å²) in [6, 6.07) is 13.3. The number of hydrogen-bond donors (Lipinski definition) is 2. The summed E-state index contributed by atoms with van der Waals surface area (Å²) in [6.07, 6.45) is 2.97. The van der Waals surface area contributed by atoms with E-state index in [0.29, 0.717) is 22.9 Å². The van der Waals surface area contributed by atoms with E-state index in [0.717, 1.165) is 29.6 Å². The van der Waals surface area contributed by atoms with Gasteiger partial charge in [-0.25, -0.2) is 0 Å². The number of hydrogen-bond acceptors (Lipinski definition) is 4. The first-order valence-electron chi connectivity index (χ1n) is 12.2. The van der Waals surface area contributed by atoms with Crippen molar-refractivity contribution in [2.24, 2.45) is 0 Å². The van der Waals surface area contributed by atoms with Crippen molar-refractivity contribution in [3.05, 3.63) is 54.0 Å². The molecule has 1 aliphatic rings. The molecule has 2 aromatic heterocycles. The molecule has 4 rings (SSSR count). The predicted molar refractivity (Wildman–Crippen MR) is 137 cm³/mol. The van der Waals surface area contributed by atoms with Gasteiger partial charge in [0.15, 0.2) is 0 Å². The van der Waals surface area contributed by atoms with Crippen LogP contribution in [0.15, 0.2) is 42.6 Å². The molecule has 188 valence electrons. The minimum atomic E-state index is -4.36. The maximum atomic E-state index is 13.4. The number of fused-ring (bicyclic) bond motifs is 1. The molecule has 0 saturated heterocycles. The molecule has 5 nitrogen and oxygen atoms in total. The van der Waals surface area contributed by atoms with Crippen molar-refractivity contribution >= 4 is 22.3 Å². The standard InChI is InChI=1S/C28H30F3N5/c1-27(2,18-32)26-14-13-21(17-34-26)33-15-7-10-22-16-23-24(35-20-8-4-3-5-9-20)11-6-12-25(23)36(22)19-28(29,30)31/h6,11-14,16-17,20,33,35H,3-5,8-9,15,19H2,1-2H3. The van der Waals surface area contributed by atoms with E-state index < -0.39 is 18.1 Å². The van der Waals surface area contributed by atoms with Gasteiger partial charge in [0.05, 0.1) is 46.8 Å². The van der Waals surface area contributed by atoms with E-state index in [4.69, 9.17) is 0 Å². The molecule has 1 aromatic carbocycles. The summed E-state index contributed by atoms with van der Waals surface area (Å²) in [5.41, 5.74) is 2.40. The van der Waals surface area contributed by atoms with Gasteiger partial charge in [-0.15, -0.1) is 0 Å². The molecule has 0 atom stereocenters. The van der Waals surface area contributed by atoms with Crippen LogP contribution in [0.25, 0.3) is 10.9 Å². The van der Waals surface area contributed by atoms with Crippen molar-refractivity contribution < 1.29 is 13.2 Å². The number of rotatable bonds is 6. The highest BCUT2D eigenvalue weighted by molar-refractivity contribution is 5.94. The van der Waals surface area contributed by atoms with E-state index >= 15 is 0 Å². The van der Waals surface area contributed by atoms with Crippen molar-refractivity contribution in [3.63, 3.8) is 0 Å². The first-order valence-corrected chi connectivity index (χ1v) is 12.2. The Kier molecular flexibility index (Phi) is 7.45. The minimum absolute atomic E-state index is 0.239. The summed E-state index contributed by atoms with van der Waals surface area (Å²) in [7, 11) is 0. The Balaban J connectivity index is 1.55. The molecule has 36 heavy (non-hydrogen) atoms. The van der Waals surface area contributed by atoms with E-state index in [1.807, 2.05) is 12.1 Å². The van der Waals surface area contributed by atoms with Crippen LogP contribution in [0.5, 0.6) is 0 Å². The molecule has 0 amide bonds. The van der Waals surface area contributed by atoms with Gasteiger partial charge in [0.25, 0.3) is 0 Å². The molecular formula is C28H30F3N5. The highest BCUT2D eigenvalue weighted by Crippen LogP contribution is 2.32. The summed E-state index contributed by atoms with van der Waals surface area (Å²) in [5.74, 6) is 5.87. The second kappa shape index (κ2) is 10.5. The number of nitrogens with zero attached hydrogens (tertiary/aromatic N) is 3. The normalized spacial score (nSPS) is 14.7. The van der Waals surface area contributed by atoms with E-state index in [1.54, 1.807) is 44.3 Å². The largest absolute Gasteiger partial charge is 0.406 e. The number of halogens is 3. The Labute approximate surface area is 209 Å². The molecule has 8 heteroatoms. The zero-order valence-electron chi connectivity index (χ0n) is 20.5. The van der Waals surface area contributed by atoms with E-state index in [9.17, 15) is 18.4 Å². The van der Waals surface area contributed by atoms with Crippen molar-refractivity contribution in [2.45, 2.75) is 70.1 Å². The van der Waals surface area contributed by atoms with Crippen LogP contribution in [0.1, 0.15) is 57.3 Å². The van der Waals surface area contributed by atoms with Gasteiger partial charge in [-0.3, -0.25) is 4.98 Å². The fourth-order valence-electron chi connectivity index (χ4n) is 4.54. The van der Waals surface area contributed by atoms with Gasteiger partial charge >= 0.3 is 6.18 Å². The van der Waals surface area contributed by atoms with Crippen LogP contribution in [0.4, 0.5) is 24.5 Å². The lowest BCUT2D eigenvalue weighted by atomic mass is 9.91. The number of aromatic nitrogens is 2. The number of benzene rings is 1. The number of pyridine rings is 1. The predicted octanol–water partition coefficient (Wildman–Crippen LogP) is 6.61. The maximum absolute atomic E-state index is 13.4. The van der Waals surface area contributed by atoms with Gasteiger partial charge in [0.1, 0.15) is 6.54 Å². The Hall–Kier alpha value is -3.65. The highest BCUT2D eigenvalue weighted by Gasteiger charge is 2.30. The molecule has 0 radical (unpaired) electrons. The van der Waals surface area contributed by atoms with Crippen LogP contribution in [-0.4, -0.2) is 28.3 Å². The zero-order valence-corrected chi connectivity index (χ0v) is 20.5. The molecule has 3 aromatic rings. The second-order valence-electron chi connectivity index (χ2n) is 9.77. The van der Waals surface area contributed by atoms with Crippen LogP contribution in [0.2, 0.25) is 0 Å². The third-order valence-electron chi connectivity index (χ3n) is 6.53. The smallest absolute Gasteiger partial charge is 0.382 e. The van der Waals surface area contributed by atoms with E-state index in [2.05, 4.69) is 33.5 Å².